The molecule has 0 aromatic heterocycles. The zero-order chi connectivity index (χ0) is 11.1. The van der Waals surface area contributed by atoms with Crippen LogP contribution in [0.5, 0.6) is 0 Å². The molecule has 1 rings (SSSR count). The molecule has 86 valence electrons. The maximum absolute atomic E-state index is 11.7. The molecule has 1 N–H and O–H groups in total. The maximum Gasteiger partial charge on any atom is 0.224 e. The second-order valence-corrected chi connectivity index (χ2v) is 3.72. The van der Waals surface area contributed by atoms with E-state index in [1.54, 1.807) is 0 Å². The summed E-state index contributed by atoms with van der Waals surface area (Å²) in [7, 11) is 0. The highest BCUT2D eigenvalue weighted by Crippen LogP contribution is 1.99. The number of hydrogen-bond acceptors (Lipinski definition) is 3. The molecule has 0 aromatic rings. The molecule has 1 amide bonds. The third kappa shape index (κ3) is 4.44. The van der Waals surface area contributed by atoms with Crippen molar-refractivity contribution in [1.82, 2.24) is 10.2 Å². The van der Waals surface area contributed by atoms with Crippen LogP contribution in [0.3, 0.4) is 0 Å². The fraction of sp³-hybridized carbons (Fsp3) is 0.727. The van der Waals surface area contributed by atoms with Crippen LogP contribution in [0.15, 0.2) is 12.7 Å². The molecular formula is C11H20N2O2. The number of morpholine rings is 1. The van der Waals surface area contributed by atoms with Gasteiger partial charge in [0.1, 0.15) is 0 Å². The normalized spacial score (nSPS) is 18.6. The molecule has 1 heterocycles. The van der Waals surface area contributed by atoms with Gasteiger partial charge in [0.2, 0.25) is 5.91 Å². The topological polar surface area (TPSA) is 41.6 Å². The van der Waals surface area contributed by atoms with Gasteiger partial charge in [0.15, 0.2) is 0 Å². The van der Waals surface area contributed by atoms with E-state index < -0.39 is 0 Å². The van der Waals surface area contributed by atoms with Gasteiger partial charge in [-0.3, -0.25) is 4.79 Å². The molecule has 0 saturated carbocycles. The van der Waals surface area contributed by atoms with Crippen molar-refractivity contribution in [2.45, 2.75) is 19.4 Å². The first-order chi connectivity index (χ1) is 7.24. The molecule has 0 spiro atoms. The van der Waals surface area contributed by atoms with Gasteiger partial charge in [-0.2, -0.15) is 0 Å². The van der Waals surface area contributed by atoms with E-state index >= 15 is 0 Å². The van der Waals surface area contributed by atoms with Gasteiger partial charge < -0.3 is 15.0 Å². The molecule has 4 heteroatoms. The highest BCUT2D eigenvalue weighted by Gasteiger charge is 2.15. The van der Waals surface area contributed by atoms with E-state index in [0.717, 1.165) is 13.1 Å². The van der Waals surface area contributed by atoms with Gasteiger partial charge in [-0.15, -0.1) is 6.58 Å². The molecule has 1 fully saturated rings. The quantitative estimate of drug-likeness (QED) is 0.671. The lowest BCUT2D eigenvalue weighted by atomic mass is 10.3. The predicted molar refractivity (Wildman–Crippen MR) is 59.7 cm³/mol. The highest BCUT2D eigenvalue weighted by molar-refractivity contribution is 5.76. The van der Waals surface area contributed by atoms with Crippen LogP contribution in [0.25, 0.3) is 0 Å². The molecule has 15 heavy (non-hydrogen) atoms. The highest BCUT2D eigenvalue weighted by atomic mass is 16.5. The van der Waals surface area contributed by atoms with Crippen molar-refractivity contribution in [3.8, 4) is 0 Å². The molecule has 1 atom stereocenters. The predicted octanol–water partition coefficient (Wildman–Crippen LogP) is 0.399. The number of carbonyl (C=O) groups excluding carboxylic acids is 1. The fourth-order valence-corrected chi connectivity index (χ4v) is 1.46. The Hall–Kier alpha value is -0.870. The van der Waals surface area contributed by atoms with Gasteiger partial charge in [0, 0.05) is 32.1 Å². The summed E-state index contributed by atoms with van der Waals surface area (Å²) < 4.78 is 5.19. The largest absolute Gasteiger partial charge is 0.378 e. The van der Waals surface area contributed by atoms with Crippen molar-refractivity contribution in [2.24, 2.45) is 0 Å². The van der Waals surface area contributed by atoms with Crippen molar-refractivity contribution in [3.63, 3.8) is 0 Å². The second kappa shape index (κ2) is 6.58. The minimum Gasteiger partial charge on any atom is -0.378 e. The average Bonchev–Trinajstić information content (AvgIpc) is 2.29. The third-order valence-electron chi connectivity index (χ3n) is 2.52. The Morgan fingerprint density at radius 1 is 1.60 bits per heavy atom. The summed E-state index contributed by atoms with van der Waals surface area (Å²) in [6.07, 6.45) is 2.39. The summed E-state index contributed by atoms with van der Waals surface area (Å²) in [4.78, 5) is 13.5. The average molecular weight is 212 g/mol. The van der Waals surface area contributed by atoms with Crippen LogP contribution < -0.4 is 5.32 Å². The van der Waals surface area contributed by atoms with Gasteiger partial charge in [0.25, 0.3) is 0 Å². The van der Waals surface area contributed by atoms with Gasteiger partial charge in [0.05, 0.1) is 13.2 Å². The van der Waals surface area contributed by atoms with Gasteiger partial charge in [-0.1, -0.05) is 6.08 Å². The van der Waals surface area contributed by atoms with E-state index in [-0.39, 0.29) is 11.9 Å². The lowest BCUT2D eigenvalue weighted by Crippen LogP contribution is -2.42. The van der Waals surface area contributed by atoms with Crippen molar-refractivity contribution < 1.29 is 9.53 Å². The van der Waals surface area contributed by atoms with E-state index in [4.69, 9.17) is 4.74 Å². The summed E-state index contributed by atoms with van der Waals surface area (Å²) in [5.74, 6) is 0.210. The number of ether oxygens (including phenoxy) is 1. The Kier molecular flexibility index (Phi) is 5.36. The first-order valence-electron chi connectivity index (χ1n) is 5.45. The Morgan fingerprint density at radius 3 is 2.87 bits per heavy atom. The first-order valence-corrected chi connectivity index (χ1v) is 5.45. The van der Waals surface area contributed by atoms with Crippen LogP contribution in [0, 0.1) is 0 Å². The summed E-state index contributed by atoms with van der Waals surface area (Å²) in [6, 6.07) is 0.266. The molecule has 0 aromatic carbocycles. The molecule has 4 nitrogen and oxygen atoms in total. The number of nitrogens with one attached hydrogen (secondary N) is 1. The minimum atomic E-state index is 0.210. The smallest absolute Gasteiger partial charge is 0.224 e. The Labute approximate surface area is 91.3 Å². The van der Waals surface area contributed by atoms with E-state index in [1.165, 1.54) is 0 Å². The zero-order valence-corrected chi connectivity index (χ0v) is 9.37. The van der Waals surface area contributed by atoms with Crippen molar-refractivity contribution in [2.75, 3.05) is 32.8 Å². The summed E-state index contributed by atoms with van der Waals surface area (Å²) in [5, 5.41) is 3.21. The van der Waals surface area contributed by atoms with Crippen LogP contribution in [-0.4, -0.2) is 49.7 Å². The number of rotatable bonds is 5. The fourth-order valence-electron chi connectivity index (χ4n) is 1.46. The first kappa shape index (κ1) is 12.2. The summed E-state index contributed by atoms with van der Waals surface area (Å²) in [5.41, 5.74) is 0. The molecular weight excluding hydrogens is 192 g/mol. The molecule has 0 aliphatic carbocycles. The minimum absolute atomic E-state index is 0.210. The zero-order valence-electron chi connectivity index (χ0n) is 9.37. The van der Waals surface area contributed by atoms with Gasteiger partial charge in [-0.25, -0.2) is 0 Å². The SMILES string of the molecule is C=CC(C)NCCC(=O)N1CCOCC1. The molecule has 1 unspecified atom stereocenters. The molecule has 1 saturated heterocycles. The molecule has 1 aliphatic rings. The number of carbonyl (C=O) groups is 1. The van der Waals surface area contributed by atoms with Crippen molar-refractivity contribution in [1.29, 1.82) is 0 Å². The summed E-state index contributed by atoms with van der Waals surface area (Å²) in [6.45, 7) is 9.21. The van der Waals surface area contributed by atoms with Crippen LogP contribution in [0.4, 0.5) is 0 Å². The molecule has 0 radical (unpaired) electrons. The maximum atomic E-state index is 11.7. The van der Waals surface area contributed by atoms with E-state index in [9.17, 15) is 4.79 Å². The standard InChI is InChI=1S/C11H20N2O2/c1-3-10(2)12-5-4-11(14)13-6-8-15-9-7-13/h3,10,12H,1,4-9H2,2H3. The van der Waals surface area contributed by atoms with Crippen molar-refractivity contribution in [3.05, 3.63) is 12.7 Å². The Morgan fingerprint density at radius 2 is 2.27 bits per heavy atom. The third-order valence-corrected chi connectivity index (χ3v) is 2.52. The van der Waals surface area contributed by atoms with Crippen LogP contribution in [0.1, 0.15) is 13.3 Å². The van der Waals surface area contributed by atoms with Gasteiger partial charge in [-0.05, 0) is 6.92 Å². The Balaban J connectivity index is 2.14. The summed E-state index contributed by atoms with van der Waals surface area (Å²) >= 11 is 0. The lowest BCUT2D eigenvalue weighted by molar-refractivity contribution is -0.135. The van der Waals surface area contributed by atoms with E-state index in [1.807, 2.05) is 17.9 Å². The van der Waals surface area contributed by atoms with E-state index in [2.05, 4.69) is 11.9 Å². The molecule has 1 aliphatic heterocycles. The Bertz CT molecular complexity index is 213. The van der Waals surface area contributed by atoms with Crippen LogP contribution in [-0.2, 0) is 9.53 Å². The van der Waals surface area contributed by atoms with Crippen molar-refractivity contribution >= 4 is 5.91 Å². The van der Waals surface area contributed by atoms with Crippen LogP contribution in [0.2, 0.25) is 0 Å². The second-order valence-electron chi connectivity index (χ2n) is 3.72. The molecule has 0 bridgehead atoms. The monoisotopic (exact) mass is 212 g/mol. The number of hydrogen-bond donors (Lipinski definition) is 1. The van der Waals surface area contributed by atoms with E-state index in [0.29, 0.717) is 26.2 Å². The van der Waals surface area contributed by atoms with Gasteiger partial charge >= 0.3 is 0 Å². The number of amides is 1. The number of nitrogens with zero attached hydrogens (tertiary/aromatic N) is 1. The van der Waals surface area contributed by atoms with Crippen LogP contribution >= 0.6 is 0 Å². The lowest BCUT2D eigenvalue weighted by Gasteiger charge is -2.27.